The molecule has 6 nitrogen and oxygen atoms in total. The lowest BCUT2D eigenvalue weighted by Gasteiger charge is -2.31. The minimum Gasteiger partial charge on any atom is -0.325 e. The van der Waals surface area contributed by atoms with Gasteiger partial charge in [-0.3, -0.25) is 19.4 Å². The number of piperidine rings is 2. The van der Waals surface area contributed by atoms with E-state index in [-0.39, 0.29) is 17.9 Å². The average Bonchev–Trinajstić information content (AvgIpc) is 2.64. The van der Waals surface area contributed by atoms with E-state index in [9.17, 15) is 9.59 Å². The number of benzene rings is 1. The largest absolute Gasteiger partial charge is 0.325 e. The SMILES string of the molecule is CN1CCCCC1C(=O)Nc1ccc(NC(=O)CN2CCCCC2)cc1. The molecule has 0 radical (unpaired) electrons. The first-order valence-corrected chi connectivity index (χ1v) is 9.75. The molecule has 0 spiro atoms. The van der Waals surface area contributed by atoms with Crippen LogP contribution in [0.15, 0.2) is 24.3 Å². The van der Waals surface area contributed by atoms with Crippen molar-refractivity contribution in [3.8, 4) is 0 Å². The van der Waals surface area contributed by atoms with Crippen molar-refractivity contribution in [1.29, 1.82) is 0 Å². The number of hydrogen-bond acceptors (Lipinski definition) is 4. The van der Waals surface area contributed by atoms with Crippen LogP contribution in [0.2, 0.25) is 0 Å². The predicted octanol–water partition coefficient (Wildman–Crippen LogP) is 2.53. The molecular formula is C20H30N4O2. The van der Waals surface area contributed by atoms with Crippen LogP contribution in [0.3, 0.4) is 0 Å². The van der Waals surface area contributed by atoms with Gasteiger partial charge in [0.05, 0.1) is 12.6 Å². The standard InChI is InChI=1S/C20H30N4O2/c1-23-12-6-3-7-18(23)20(26)22-17-10-8-16(9-11-17)21-19(25)15-24-13-4-2-5-14-24/h8-11,18H,2-7,12-15H2,1H3,(H,21,25)(H,22,26). The Labute approximate surface area is 155 Å². The van der Waals surface area contributed by atoms with Gasteiger partial charge < -0.3 is 10.6 Å². The van der Waals surface area contributed by atoms with Crippen LogP contribution in [0.5, 0.6) is 0 Å². The number of anilines is 2. The van der Waals surface area contributed by atoms with Gasteiger partial charge in [-0.1, -0.05) is 12.8 Å². The first kappa shape index (κ1) is 18.9. The molecule has 1 aromatic rings. The van der Waals surface area contributed by atoms with Gasteiger partial charge in [0, 0.05) is 11.4 Å². The van der Waals surface area contributed by atoms with Gasteiger partial charge >= 0.3 is 0 Å². The summed E-state index contributed by atoms with van der Waals surface area (Å²) >= 11 is 0. The topological polar surface area (TPSA) is 64.7 Å². The number of nitrogens with zero attached hydrogens (tertiary/aromatic N) is 2. The number of likely N-dealkylation sites (tertiary alicyclic amines) is 2. The summed E-state index contributed by atoms with van der Waals surface area (Å²) in [5, 5.41) is 5.93. The molecule has 0 saturated carbocycles. The zero-order chi connectivity index (χ0) is 18.4. The first-order valence-electron chi connectivity index (χ1n) is 9.75. The molecule has 0 bridgehead atoms. The molecule has 1 aromatic carbocycles. The Balaban J connectivity index is 1.48. The average molecular weight is 358 g/mol. The maximum Gasteiger partial charge on any atom is 0.241 e. The number of likely N-dealkylation sites (N-methyl/N-ethyl adjacent to an activating group) is 1. The van der Waals surface area contributed by atoms with Gasteiger partial charge in [0.2, 0.25) is 11.8 Å². The molecule has 1 atom stereocenters. The molecule has 2 aliphatic rings. The summed E-state index contributed by atoms with van der Waals surface area (Å²) in [4.78, 5) is 28.9. The van der Waals surface area contributed by atoms with Crippen LogP contribution in [0.4, 0.5) is 11.4 Å². The van der Waals surface area contributed by atoms with E-state index >= 15 is 0 Å². The van der Waals surface area contributed by atoms with Gasteiger partial charge in [-0.15, -0.1) is 0 Å². The van der Waals surface area contributed by atoms with Crippen LogP contribution < -0.4 is 10.6 Å². The van der Waals surface area contributed by atoms with Crippen molar-refractivity contribution in [3.63, 3.8) is 0 Å². The number of nitrogens with one attached hydrogen (secondary N) is 2. The number of hydrogen-bond donors (Lipinski definition) is 2. The Morgan fingerprint density at radius 2 is 1.54 bits per heavy atom. The van der Waals surface area contributed by atoms with Crippen molar-refractivity contribution >= 4 is 23.2 Å². The molecule has 26 heavy (non-hydrogen) atoms. The van der Waals surface area contributed by atoms with Crippen molar-refractivity contribution < 1.29 is 9.59 Å². The van der Waals surface area contributed by atoms with Crippen molar-refractivity contribution in [1.82, 2.24) is 9.80 Å². The molecule has 2 heterocycles. The first-order chi connectivity index (χ1) is 12.6. The summed E-state index contributed by atoms with van der Waals surface area (Å²) in [6.07, 6.45) is 6.79. The summed E-state index contributed by atoms with van der Waals surface area (Å²) in [5.41, 5.74) is 1.53. The Morgan fingerprint density at radius 3 is 2.19 bits per heavy atom. The molecule has 3 rings (SSSR count). The van der Waals surface area contributed by atoms with Gasteiger partial charge in [0.1, 0.15) is 0 Å². The smallest absolute Gasteiger partial charge is 0.241 e. The van der Waals surface area contributed by atoms with E-state index in [1.54, 1.807) is 0 Å². The quantitative estimate of drug-likeness (QED) is 0.849. The van der Waals surface area contributed by atoms with Gasteiger partial charge in [-0.25, -0.2) is 0 Å². The van der Waals surface area contributed by atoms with Crippen molar-refractivity contribution in [2.75, 3.05) is 43.9 Å². The molecule has 1 unspecified atom stereocenters. The fourth-order valence-corrected chi connectivity index (χ4v) is 3.79. The number of rotatable bonds is 5. The van der Waals surface area contributed by atoms with Crippen LogP contribution in [-0.2, 0) is 9.59 Å². The number of carbonyl (C=O) groups excluding carboxylic acids is 2. The third-order valence-electron chi connectivity index (χ3n) is 5.33. The van der Waals surface area contributed by atoms with Gasteiger partial charge in [-0.2, -0.15) is 0 Å². The highest BCUT2D eigenvalue weighted by Gasteiger charge is 2.25. The van der Waals surface area contributed by atoms with Crippen LogP contribution in [0.1, 0.15) is 38.5 Å². The van der Waals surface area contributed by atoms with Gasteiger partial charge in [0.25, 0.3) is 0 Å². The Bertz CT molecular complexity index is 611. The number of amides is 2. The van der Waals surface area contributed by atoms with E-state index in [0.717, 1.165) is 50.3 Å². The normalized spacial score (nSPS) is 22.0. The monoisotopic (exact) mass is 358 g/mol. The van der Waals surface area contributed by atoms with E-state index in [1.807, 2.05) is 31.3 Å². The maximum atomic E-state index is 12.4. The van der Waals surface area contributed by atoms with Crippen LogP contribution in [0, 0.1) is 0 Å². The van der Waals surface area contributed by atoms with Gasteiger partial charge in [0.15, 0.2) is 0 Å². The lowest BCUT2D eigenvalue weighted by atomic mass is 10.0. The second-order valence-corrected chi connectivity index (χ2v) is 7.44. The molecule has 2 saturated heterocycles. The molecule has 6 heteroatoms. The Kier molecular flexibility index (Phi) is 6.63. The zero-order valence-electron chi connectivity index (χ0n) is 15.7. The molecular weight excluding hydrogens is 328 g/mol. The summed E-state index contributed by atoms with van der Waals surface area (Å²) in [7, 11) is 2.00. The molecule has 0 aromatic heterocycles. The molecule has 0 aliphatic carbocycles. The summed E-state index contributed by atoms with van der Waals surface area (Å²) in [6.45, 7) is 3.44. The van der Waals surface area contributed by atoms with E-state index < -0.39 is 0 Å². The van der Waals surface area contributed by atoms with Crippen LogP contribution >= 0.6 is 0 Å². The molecule has 2 N–H and O–H groups in total. The fraction of sp³-hybridized carbons (Fsp3) is 0.600. The van der Waals surface area contributed by atoms with Crippen molar-refractivity contribution in [2.45, 2.75) is 44.6 Å². The minimum atomic E-state index is -0.0485. The Morgan fingerprint density at radius 1 is 0.923 bits per heavy atom. The van der Waals surface area contributed by atoms with Crippen LogP contribution in [0.25, 0.3) is 0 Å². The van der Waals surface area contributed by atoms with E-state index in [1.165, 1.54) is 19.3 Å². The minimum absolute atomic E-state index is 0.0208. The summed E-state index contributed by atoms with van der Waals surface area (Å²) < 4.78 is 0. The molecule has 2 fully saturated rings. The van der Waals surface area contributed by atoms with E-state index in [4.69, 9.17) is 0 Å². The number of carbonyl (C=O) groups is 2. The third-order valence-corrected chi connectivity index (χ3v) is 5.33. The van der Waals surface area contributed by atoms with E-state index in [0.29, 0.717) is 6.54 Å². The van der Waals surface area contributed by atoms with Crippen molar-refractivity contribution in [2.24, 2.45) is 0 Å². The molecule has 2 amide bonds. The maximum absolute atomic E-state index is 12.4. The second kappa shape index (κ2) is 9.14. The van der Waals surface area contributed by atoms with Gasteiger partial charge in [-0.05, 0) is 76.6 Å². The Hall–Kier alpha value is -1.92. The van der Waals surface area contributed by atoms with Crippen LogP contribution in [-0.4, -0.2) is 60.9 Å². The highest BCUT2D eigenvalue weighted by atomic mass is 16.2. The highest BCUT2D eigenvalue weighted by molar-refractivity contribution is 5.96. The van der Waals surface area contributed by atoms with E-state index in [2.05, 4.69) is 20.4 Å². The predicted molar refractivity (Wildman–Crippen MR) is 104 cm³/mol. The van der Waals surface area contributed by atoms with Crippen molar-refractivity contribution in [3.05, 3.63) is 24.3 Å². The lowest BCUT2D eigenvalue weighted by molar-refractivity contribution is -0.121. The highest BCUT2D eigenvalue weighted by Crippen LogP contribution is 2.19. The zero-order valence-corrected chi connectivity index (χ0v) is 15.7. The fourth-order valence-electron chi connectivity index (χ4n) is 3.79. The molecule has 2 aliphatic heterocycles. The lowest BCUT2D eigenvalue weighted by Crippen LogP contribution is -2.44. The second-order valence-electron chi connectivity index (χ2n) is 7.44. The third kappa shape index (κ3) is 5.29. The summed E-state index contributed by atoms with van der Waals surface area (Å²) in [6, 6.07) is 7.32. The summed E-state index contributed by atoms with van der Waals surface area (Å²) in [5.74, 6) is 0.0709. The molecule has 142 valence electrons.